The van der Waals surface area contributed by atoms with Gasteiger partial charge in [0.25, 0.3) is 0 Å². The zero-order chi connectivity index (χ0) is 13.5. The lowest BCUT2D eigenvalue weighted by Gasteiger charge is -2.15. The summed E-state index contributed by atoms with van der Waals surface area (Å²) in [5, 5.41) is 1.62. The lowest BCUT2D eigenvalue weighted by molar-refractivity contribution is -0.174. The van der Waals surface area contributed by atoms with Gasteiger partial charge in [0.2, 0.25) is 0 Å². The van der Waals surface area contributed by atoms with Crippen LogP contribution >= 0.6 is 0 Å². The number of nitrogens with one attached hydrogen (secondary N) is 1. The monoisotopic (exact) mass is 261 g/mol. The molecule has 2 rings (SSSR count). The van der Waals surface area contributed by atoms with E-state index in [9.17, 15) is 27.2 Å². The molecule has 0 saturated carbocycles. The van der Waals surface area contributed by atoms with Gasteiger partial charge in [0.15, 0.2) is 5.78 Å². The maximum absolute atomic E-state index is 13.5. The van der Waals surface area contributed by atoms with Crippen LogP contribution in [0.3, 0.4) is 0 Å². The van der Waals surface area contributed by atoms with E-state index in [1.54, 1.807) is 5.32 Å². The van der Waals surface area contributed by atoms with Gasteiger partial charge < -0.3 is 5.32 Å². The molecule has 0 aromatic heterocycles. The Hall–Kier alpha value is -1.92. The molecule has 0 bridgehead atoms. The van der Waals surface area contributed by atoms with E-state index < -0.39 is 29.7 Å². The number of Topliss-reactive ketones (excluding diaryl/α,β-unsaturated/α-hetero) is 1. The van der Waals surface area contributed by atoms with Crippen molar-refractivity contribution >= 4 is 11.7 Å². The van der Waals surface area contributed by atoms with E-state index in [0.717, 1.165) is 6.07 Å². The maximum atomic E-state index is 13.5. The van der Waals surface area contributed by atoms with Crippen molar-refractivity contribution in [1.29, 1.82) is 0 Å². The second kappa shape index (κ2) is 4.08. The molecular formula is C11H7F4NO2. The Bertz CT molecular complexity index is 524. The summed E-state index contributed by atoms with van der Waals surface area (Å²) in [6, 6.07) is 2.38. The van der Waals surface area contributed by atoms with Gasteiger partial charge in [-0.15, -0.1) is 0 Å². The SMILES string of the molecule is O=C1CC(NC(=O)C(F)(F)F)c2c(F)cccc21. The molecule has 1 aromatic carbocycles. The molecule has 1 aromatic rings. The van der Waals surface area contributed by atoms with Crippen molar-refractivity contribution < 1.29 is 27.2 Å². The van der Waals surface area contributed by atoms with E-state index in [2.05, 4.69) is 0 Å². The highest BCUT2D eigenvalue weighted by molar-refractivity contribution is 6.02. The first kappa shape index (κ1) is 12.5. The predicted octanol–water partition coefficient (Wildman–Crippen LogP) is 2.13. The molecule has 7 heteroatoms. The number of alkyl halides is 3. The van der Waals surface area contributed by atoms with Crippen molar-refractivity contribution in [1.82, 2.24) is 5.32 Å². The summed E-state index contributed by atoms with van der Waals surface area (Å²) in [6.07, 6.45) is -5.42. The van der Waals surface area contributed by atoms with Crippen molar-refractivity contribution in [2.75, 3.05) is 0 Å². The zero-order valence-corrected chi connectivity index (χ0v) is 8.84. The number of ketones is 1. The van der Waals surface area contributed by atoms with Gasteiger partial charge in [0, 0.05) is 17.5 Å². The number of benzene rings is 1. The summed E-state index contributed by atoms with van der Waals surface area (Å²) in [5.41, 5.74) is -0.164. The molecule has 0 heterocycles. The van der Waals surface area contributed by atoms with Crippen molar-refractivity contribution in [3.05, 3.63) is 35.1 Å². The van der Waals surface area contributed by atoms with E-state index in [4.69, 9.17) is 0 Å². The van der Waals surface area contributed by atoms with Gasteiger partial charge in [0.1, 0.15) is 5.82 Å². The lowest BCUT2D eigenvalue weighted by atomic mass is 10.1. The van der Waals surface area contributed by atoms with Gasteiger partial charge in [-0.2, -0.15) is 13.2 Å². The molecule has 0 saturated heterocycles. The van der Waals surface area contributed by atoms with Crippen LogP contribution in [0.4, 0.5) is 17.6 Å². The van der Waals surface area contributed by atoms with Crippen LogP contribution in [0.5, 0.6) is 0 Å². The number of carbonyl (C=O) groups is 2. The third kappa shape index (κ3) is 2.07. The normalized spacial score (nSPS) is 18.7. The van der Waals surface area contributed by atoms with Crippen molar-refractivity contribution in [2.45, 2.75) is 18.6 Å². The average Bonchev–Trinajstić information content (AvgIpc) is 2.56. The molecule has 0 radical (unpaired) electrons. The molecule has 1 atom stereocenters. The zero-order valence-electron chi connectivity index (χ0n) is 8.84. The second-order valence-electron chi connectivity index (χ2n) is 3.85. The largest absolute Gasteiger partial charge is 0.471 e. The van der Waals surface area contributed by atoms with Crippen molar-refractivity contribution in [3.8, 4) is 0 Å². The van der Waals surface area contributed by atoms with Crippen LogP contribution in [0.25, 0.3) is 0 Å². The summed E-state index contributed by atoms with van der Waals surface area (Å²) in [6.45, 7) is 0. The Morgan fingerprint density at radius 1 is 1.33 bits per heavy atom. The van der Waals surface area contributed by atoms with E-state index in [-0.39, 0.29) is 17.5 Å². The lowest BCUT2D eigenvalue weighted by Crippen LogP contribution is -2.38. The number of carbonyl (C=O) groups excluding carboxylic acids is 2. The minimum atomic E-state index is -5.06. The Morgan fingerprint density at radius 3 is 2.61 bits per heavy atom. The van der Waals surface area contributed by atoms with Gasteiger partial charge in [-0.25, -0.2) is 4.39 Å². The fourth-order valence-corrected chi connectivity index (χ4v) is 1.90. The standard InChI is InChI=1S/C11H7F4NO2/c12-6-3-1-2-5-8(17)4-7(9(5)6)16-10(18)11(13,14)15/h1-3,7H,4H2,(H,16,18). The smallest absolute Gasteiger partial charge is 0.341 e. The van der Waals surface area contributed by atoms with Gasteiger partial charge in [-0.3, -0.25) is 9.59 Å². The molecule has 1 aliphatic carbocycles. The van der Waals surface area contributed by atoms with Crippen molar-refractivity contribution in [3.63, 3.8) is 0 Å². The molecule has 3 nitrogen and oxygen atoms in total. The first-order chi connectivity index (χ1) is 8.30. The molecule has 1 amide bonds. The molecule has 0 aliphatic heterocycles. The highest BCUT2D eigenvalue weighted by Gasteiger charge is 2.42. The highest BCUT2D eigenvalue weighted by atomic mass is 19.4. The quantitative estimate of drug-likeness (QED) is 0.787. The van der Waals surface area contributed by atoms with Crippen LogP contribution in [0.15, 0.2) is 18.2 Å². The molecule has 1 aliphatic rings. The summed E-state index contributed by atoms with van der Waals surface area (Å²) in [4.78, 5) is 22.2. The van der Waals surface area contributed by atoms with Crippen LogP contribution in [0, 0.1) is 5.82 Å². The van der Waals surface area contributed by atoms with Crippen LogP contribution < -0.4 is 5.32 Å². The summed E-state index contributed by atoms with van der Waals surface area (Å²) < 4.78 is 49.7. The van der Waals surface area contributed by atoms with Crippen LogP contribution in [-0.4, -0.2) is 17.9 Å². The fourth-order valence-electron chi connectivity index (χ4n) is 1.90. The second-order valence-corrected chi connectivity index (χ2v) is 3.85. The Balaban J connectivity index is 2.30. The average molecular weight is 261 g/mol. The first-order valence-corrected chi connectivity index (χ1v) is 5.00. The van der Waals surface area contributed by atoms with E-state index in [0.29, 0.717) is 0 Å². The molecular weight excluding hydrogens is 254 g/mol. The molecule has 96 valence electrons. The van der Waals surface area contributed by atoms with Gasteiger partial charge >= 0.3 is 12.1 Å². The Labute approximate surface area is 98.8 Å². The molecule has 0 spiro atoms. The Morgan fingerprint density at radius 2 is 2.00 bits per heavy atom. The minimum Gasteiger partial charge on any atom is -0.341 e. The summed E-state index contributed by atoms with van der Waals surface area (Å²) >= 11 is 0. The molecule has 1 unspecified atom stereocenters. The van der Waals surface area contributed by atoms with E-state index in [1.165, 1.54) is 12.1 Å². The predicted molar refractivity (Wildman–Crippen MR) is 52.3 cm³/mol. The summed E-state index contributed by atoms with van der Waals surface area (Å²) in [5.74, 6) is -3.47. The number of rotatable bonds is 1. The van der Waals surface area contributed by atoms with E-state index in [1.807, 2.05) is 0 Å². The van der Waals surface area contributed by atoms with Gasteiger partial charge in [-0.05, 0) is 6.07 Å². The van der Waals surface area contributed by atoms with E-state index >= 15 is 0 Å². The number of fused-ring (bicyclic) bond motifs is 1. The Kier molecular flexibility index (Phi) is 2.84. The number of amides is 1. The topological polar surface area (TPSA) is 46.2 Å². The third-order valence-corrected chi connectivity index (χ3v) is 2.65. The van der Waals surface area contributed by atoms with Gasteiger partial charge in [0.05, 0.1) is 6.04 Å². The third-order valence-electron chi connectivity index (χ3n) is 2.65. The molecule has 18 heavy (non-hydrogen) atoms. The minimum absolute atomic E-state index is 0.0162. The van der Waals surface area contributed by atoms with Crippen molar-refractivity contribution in [2.24, 2.45) is 0 Å². The summed E-state index contributed by atoms with van der Waals surface area (Å²) in [7, 11) is 0. The molecule has 0 fully saturated rings. The number of hydrogen-bond donors (Lipinski definition) is 1. The highest BCUT2D eigenvalue weighted by Crippen LogP contribution is 2.33. The number of hydrogen-bond acceptors (Lipinski definition) is 2. The number of halogens is 4. The first-order valence-electron chi connectivity index (χ1n) is 5.00. The van der Waals surface area contributed by atoms with Gasteiger partial charge in [-0.1, -0.05) is 12.1 Å². The maximum Gasteiger partial charge on any atom is 0.471 e. The van der Waals surface area contributed by atoms with Crippen LogP contribution in [-0.2, 0) is 4.79 Å². The van der Waals surface area contributed by atoms with Crippen LogP contribution in [0.2, 0.25) is 0 Å². The van der Waals surface area contributed by atoms with Crippen LogP contribution in [0.1, 0.15) is 28.4 Å². The molecule has 1 N–H and O–H groups in total. The fraction of sp³-hybridized carbons (Fsp3) is 0.273.